The molecule has 0 bridgehead atoms. The van der Waals surface area contributed by atoms with Gasteiger partial charge in [-0.25, -0.2) is 45.2 Å². The lowest BCUT2D eigenvalue weighted by atomic mass is 9.80. The van der Waals surface area contributed by atoms with Crippen molar-refractivity contribution >= 4 is 50.1 Å². The number of halogens is 2. The van der Waals surface area contributed by atoms with Gasteiger partial charge < -0.3 is 57.6 Å². The van der Waals surface area contributed by atoms with Gasteiger partial charge in [0, 0.05) is 62.3 Å². The number of aromatic nitrogens is 2. The molecule has 2 aliphatic heterocycles. The van der Waals surface area contributed by atoms with E-state index in [2.05, 4.69) is 15.3 Å². The minimum atomic E-state index is -3.83. The topological polar surface area (TPSA) is 392 Å². The molecule has 0 aromatic carbocycles. The monoisotopic (exact) mass is 1070 g/mol. The summed E-state index contributed by atoms with van der Waals surface area (Å²) in [6.07, 6.45) is 1.70. The number of nitrogens with one attached hydrogen (secondary N) is 1. The number of nitrogens with two attached hydrogens (primary N) is 1. The Balaban J connectivity index is 0.00000127. The summed E-state index contributed by atoms with van der Waals surface area (Å²) in [5, 5.41) is 25.7. The van der Waals surface area contributed by atoms with Gasteiger partial charge in [-0.3, -0.25) is 14.4 Å². The van der Waals surface area contributed by atoms with Crippen LogP contribution in [-0.4, -0.2) is 138 Å². The van der Waals surface area contributed by atoms with E-state index in [1.807, 2.05) is 0 Å². The molecule has 2 saturated heterocycles. The average molecular weight is 1070 g/mol. The van der Waals surface area contributed by atoms with Crippen molar-refractivity contribution in [3.05, 3.63) is 60.5 Å². The molecule has 24 nitrogen and oxygen atoms in total. The first-order valence-corrected chi connectivity index (χ1v) is 24.5. The first kappa shape index (κ1) is 65.9. The van der Waals surface area contributed by atoms with E-state index in [0.29, 0.717) is 25.5 Å². The number of aliphatic carboxylic acids is 1. The molecular formula is C44H70F2N8O16S2. The number of carbonyl (C=O) groups is 5. The number of hydrogen-bond acceptors (Lipinski definition) is 17. The van der Waals surface area contributed by atoms with E-state index in [1.54, 1.807) is 55.4 Å². The minimum Gasteiger partial charge on any atom is -0.481 e. The van der Waals surface area contributed by atoms with Gasteiger partial charge in [-0.2, -0.15) is 8.61 Å². The molecule has 0 atom stereocenters. The number of hydrogen-bond donors (Lipinski definition) is 7. The van der Waals surface area contributed by atoms with Crippen LogP contribution in [0.4, 0.5) is 18.4 Å². The van der Waals surface area contributed by atoms with Gasteiger partial charge in [0.25, 0.3) is 0 Å². The van der Waals surface area contributed by atoms with Crippen LogP contribution in [0.1, 0.15) is 93.9 Å². The Morgan fingerprint density at radius 1 is 0.694 bits per heavy atom. The van der Waals surface area contributed by atoms with Crippen LogP contribution in [-0.2, 0) is 43.9 Å². The van der Waals surface area contributed by atoms with Gasteiger partial charge in [0.2, 0.25) is 37.7 Å². The molecule has 2 fully saturated rings. The number of sulfonamides is 2. The Kier molecular flexibility index (Phi) is 25.9. The quantitative estimate of drug-likeness (QED) is 0.0897. The predicted octanol–water partition coefficient (Wildman–Crippen LogP) is 5.97. The molecule has 0 radical (unpaired) electrons. The van der Waals surface area contributed by atoms with Crippen LogP contribution >= 0.6 is 0 Å². The van der Waals surface area contributed by atoms with Crippen molar-refractivity contribution < 1.29 is 83.9 Å². The molecule has 4 heterocycles. The highest BCUT2D eigenvalue weighted by molar-refractivity contribution is 7.89. The number of primary amides is 1. The van der Waals surface area contributed by atoms with Crippen LogP contribution < -0.4 is 32.8 Å². The number of rotatable bonds is 17. The number of piperidine rings is 2. The van der Waals surface area contributed by atoms with Gasteiger partial charge >= 0.3 is 24.2 Å². The Morgan fingerprint density at radius 3 is 1.42 bits per heavy atom. The molecule has 0 saturated carbocycles. The molecular weight excluding hydrogens is 999 g/mol. The van der Waals surface area contributed by atoms with E-state index in [0.717, 1.165) is 6.20 Å². The SMILES string of the molecule is CC(C)(C)OC(=O)CCC(=CF)COc1ccc(S(=O)(=O)N2CCC(C)(C(N)=O)CC2)cn1.CC(C)(C)OC(=O)NCC(=CF)COc1ccc(S(=O)(=O)N2CCC(C)(C(=O)O)CC2)cn1.N.N.O=C(O)O. The number of amides is 2. The number of alkyl carbamates (subject to hydrolysis) is 1. The Labute approximate surface area is 418 Å². The van der Waals surface area contributed by atoms with Crippen molar-refractivity contribution in [2.24, 2.45) is 16.6 Å². The van der Waals surface area contributed by atoms with E-state index < -0.39 is 72.2 Å². The molecule has 2 aromatic heterocycles. The van der Waals surface area contributed by atoms with E-state index >= 15 is 0 Å². The first-order valence-electron chi connectivity index (χ1n) is 21.6. The molecule has 2 aromatic rings. The van der Waals surface area contributed by atoms with E-state index in [9.17, 15) is 49.9 Å². The van der Waals surface area contributed by atoms with Gasteiger partial charge in [-0.05, 0) is 98.3 Å². The summed E-state index contributed by atoms with van der Waals surface area (Å²) in [5.41, 5.74) is 2.82. The van der Waals surface area contributed by atoms with Crippen molar-refractivity contribution in [1.29, 1.82) is 0 Å². The highest BCUT2D eigenvalue weighted by Crippen LogP contribution is 2.34. The second-order valence-electron chi connectivity index (χ2n) is 18.6. The number of carbonyl (C=O) groups excluding carboxylic acids is 3. The zero-order valence-corrected chi connectivity index (χ0v) is 43.4. The molecule has 0 unspecified atom stereocenters. The third-order valence-corrected chi connectivity index (χ3v) is 14.3. The van der Waals surface area contributed by atoms with Crippen molar-refractivity contribution in [1.82, 2.24) is 36.2 Å². The molecule has 4 rings (SSSR count). The van der Waals surface area contributed by atoms with Crippen LogP contribution in [0, 0.1) is 10.8 Å². The van der Waals surface area contributed by atoms with Crippen LogP contribution in [0.25, 0.3) is 0 Å². The fraction of sp³-hybridized carbons (Fsp3) is 0.568. The highest BCUT2D eigenvalue weighted by atomic mass is 32.2. The van der Waals surface area contributed by atoms with Crippen molar-refractivity contribution in [3.8, 4) is 11.8 Å². The van der Waals surface area contributed by atoms with Gasteiger partial charge in [0.15, 0.2) is 0 Å². The van der Waals surface area contributed by atoms with Crippen LogP contribution in [0.15, 0.2) is 70.3 Å². The molecule has 2 aliphatic rings. The summed E-state index contributed by atoms with van der Waals surface area (Å²) in [6, 6.07) is 5.41. The Morgan fingerprint density at radius 2 is 1.08 bits per heavy atom. The summed E-state index contributed by atoms with van der Waals surface area (Å²) < 4.78 is 101. The van der Waals surface area contributed by atoms with Crippen LogP contribution in [0.5, 0.6) is 11.8 Å². The average Bonchev–Trinajstić information content (AvgIpc) is 3.26. The maximum atomic E-state index is 13.2. The number of ether oxygens (including phenoxy) is 4. The van der Waals surface area contributed by atoms with Gasteiger partial charge in [0.1, 0.15) is 34.2 Å². The smallest absolute Gasteiger partial charge is 0.481 e. The second-order valence-corrected chi connectivity index (χ2v) is 22.5. The number of esters is 1. The lowest BCUT2D eigenvalue weighted by molar-refractivity contribution is -0.155. The predicted molar refractivity (Wildman–Crippen MR) is 257 cm³/mol. The zero-order chi connectivity index (χ0) is 53.3. The third kappa shape index (κ3) is 21.7. The standard InChI is InChI=1S/C22H32FN3O6S.C21H30FN3O7S.CH2O3.2H3N/c1-21(2,3)32-19(27)8-5-16(13-23)15-31-18-7-6-17(14-25-18)33(29,30)26-11-9-22(4,10-12-26)20(24)28;1-20(2,3)32-19(28)24-12-15(11-22)14-31-17-6-5-16(13-23-17)33(29,30)25-9-7-21(4,8-10-25)18(26)27;2-1(3)4;;/h6-7,13-14H,5,8-12,15H2,1-4H3,(H2,24,28);5-6,11,13H,7-10,12,14H2,1-4H3,(H,24,28)(H,26,27);(H2,2,3,4);2*1H3. The molecule has 72 heavy (non-hydrogen) atoms. The van der Waals surface area contributed by atoms with Crippen molar-refractivity contribution in [3.63, 3.8) is 0 Å². The number of carboxylic acids is 1. The number of carboxylic acid groups (broad SMARTS) is 3. The molecule has 2 amide bonds. The molecule has 12 N–H and O–H groups in total. The molecule has 0 aliphatic carbocycles. The normalized spacial score (nSPS) is 16.2. The summed E-state index contributed by atoms with van der Waals surface area (Å²) in [6.45, 7) is 13.8. The fourth-order valence-electron chi connectivity index (χ4n) is 6.18. The summed E-state index contributed by atoms with van der Waals surface area (Å²) in [4.78, 5) is 62.8. The fourth-order valence-corrected chi connectivity index (χ4v) is 8.95. The maximum absolute atomic E-state index is 13.2. The zero-order valence-electron chi connectivity index (χ0n) is 41.8. The Hall–Kier alpha value is -6.07. The lowest BCUT2D eigenvalue weighted by Crippen LogP contribution is -2.47. The molecule has 28 heteroatoms. The van der Waals surface area contributed by atoms with Gasteiger partial charge in [-0.1, -0.05) is 6.92 Å². The van der Waals surface area contributed by atoms with Crippen molar-refractivity contribution in [2.75, 3.05) is 45.9 Å². The summed E-state index contributed by atoms with van der Waals surface area (Å²) >= 11 is 0. The van der Waals surface area contributed by atoms with E-state index in [-0.39, 0.29) is 117 Å². The summed E-state index contributed by atoms with van der Waals surface area (Å²) in [7, 11) is -7.62. The van der Waals surface area contributed by atoms with Gasteiger partial charge in [0.05, 0.1) is 30.5 Å². The minimum absolute atomic E-state index is 0. The number of nitrogens with zero attached hydrogens (tertiary/aromatic N) is 4. The second kappa shape index (κ2) is 28.2. The van der Waals surface area contributed by atoms with Gasteiger partial charge in [-0.15, -0.1) is 0 Å². The maximum Gasteiger partial charge on any atom is 0.503 e. The Bertz CT molecular complexity index is 2230. The first-order chi connectivity index (χ1) is 32.3. The van der Waals surface area contributed by atoms with E-state index in [4.69, 9.17) is 39.7 Å². The summed E-state index contributed by atoms with van der Waals surface area (Å²) in [5.74, 6) is -1.63. The third-order valence-electron chi connectivity index (χ3n) is 10.5. The lowest BCUT2D eigenvalue weighted by Gasteiger charge is -2.36. The van der Waals surface area contributed by atoms with Crippen LogP contribution in [0.3, 0.4) is 0 Å². The van der Waals surface area contributed by atoms with E-state index in [1.165, 1.54) is 39.1 Å². The molecule has 408 valence electrons. The van der Waals surface area contributed by atoms with Crippen molar-refractivity contribution in [2.45, 2.75) is 115 Å². The molecule has 0 spiro atoms. The highest BCUT2D eigenvalue weighted by Gasteiger charge is 2.41. The number of pyridine rings is 2. The van der Waals surface area contributed by atoms with Crippen LogP contribution in [0.2, 0.25) is 0 Å². The largest absolute Gasteiger partial charge is 0.503 e.